The lowest BCUT2D eigenvalue weighted by molar-refractivity contribution is -0.132. The smallest absolute Gasteiger partial charge is 0.261 e. The topological polar surface area (TPSA) is 116 Å². The van der Waals surface area contributed by atoms with E-state index in [4.69, 9.17) is 0 Å². The predicted molar refractivity (Wildman–Crippen MR) is 114 cm³/mol. The number of amides is 2. The molecule has 0 atom stereocenters. The Kier molecular flexibility index (Phi) is 6.73. The molecule has 1 aliphatic heterocycles. The Morgan fingerprint density at radius 3 is 2.13 bits per heavy atom. The van der Waals surface area contributed by atoms with Crippen LogP contribution >= 0.6 is 0 Å². The van der Waals surface area contributed by atoms with Gasteiger partial charge in [0.15, 0.2) is 0 Å². The molecular formula is C21H25N3O5S. The number of aliphatic hydroxyl groups is 1. The zero-order valence-corrected chi connectivity index (χ0v) is 17.5. The van der Waals surface area contributed by atoms with Crippen molar-refractivity contribution >= 4 is 33.2 Å². The number of nitrogens with zero attached hydrogens (tertiary/aromatic N) is 1. The average Bonchev–Trinajstić information content (AvgIpc) is 2.70. The molecule has 0 unspecified atom stereocenters. The summed E-state index contributed by atoms with van der Waals surface area (Å²) >= 11 is 0. The fraction of sp³-hybridized carbons (Fsp3) is 0.333. The van der Waals surface area contributed by atoms with Crippen molar-refractivity contribution in [2.45, 2.75) is 37.2 Å². The Hall–Kier alpha value is -2.91. The molecule has 160 valence electrons. The van der Waals surface area contributed by atoms with Gasteiger partial charge in [-0.2, -0.15) is 0 Å². The van der Waals surface area contributed by atoms with Crippen LogP contribution in [0.3, 0.4) is 0 Å². The minimum absolute atomic E-state index is 0.00510. The first-order chi connectivity index (χ1) is 14.2. The largest absolute Gasteiger partial charge is 0.393 e. The fourth-order valence-electron chi connectivity index (χ4n) is 3.23. The number of likely N-dealkylation sites (tertiary alicyclic amines) is 1. The third kappa shape index (κ3) is 5.80. The maximum absolute atomic E-state index is 12.6. The second-order valence-electron chi connectivity index (χ2n) is 7.30. The number of rotatable bonds is 6. The second-order valence-corrected chi connectivity index (χ2v) is 8.98. The third-order valence-electron chi connectivity index (χ3n) is 4.86. The minimum atomic E-state index is -3.78. The number of carbonyl (C=O) groups excluding carboxylic acids is 2. The fourth-order valence-corrected chi connectivity index (χ4v) is 4.29. The number of benzene rings is 2. The number of sulfonamides is 1. The molecule has 2 aromatic rings. The maximum atomic E-state index is 12.6. The van der Waals surface area contributed by atoms with Crippen LogP contribution in [0.25, 0.3) is 0 Å². The van der Waals surface area contributed by atoms with E-state index >= 15 is 0 Å². The molecular weight excluding hydrogens is 406 g/mol. The van der Waals surface area contributed by atoms with Gasteiger partial charge < -0.3 is 15.3 Å². The first kappa shape index (κ1) is 21.8. The van der Waals surface area contributed by atoms with Gasteiger partial charge in [0.25, 0.3) is 10.0 Å². The van der Waals surface area contributed by atoms with Crippen molar-refractivity contribution in [2.24, 2.45) is 0 Å². The molecule has 1 aliphatic rings. The molecule has 1 fully saturated rings. The van der Waals surface area contributed by atoms with E-state index in [0.717, 1.165) is 5.56 Å². The van der Waals surface area contributed by atoms with Gasteiger partial charge in [0, 0.05) is 31.4 Å². The number of hydrogen-bond donors (Lipinski definition) is 3. The van der Waals surface area contributed by atoms with Gasteiger partial charge in [-0.15, -0.1) is 0 Å². The molecule has 9 heteroatoms. The molecule has 0 bridgehead atoms. The number of nitrogens with one attached hydrogen (secondary N) is 2. The van der Waals surface area contributed by atoms with Crippen LogP contribution in [-0.4, -0.2) is 49.4 Å². The van der Waals surface area contributed by atoms with Gasteiger partial charge in [0.1, 0.15) is 0 Å². The summed E-state index contributed by atoms with van der Waals surface area (Å²) in [5.74, 6) is -0.241. The zero-order chi connectivity index (χ0) is 21.7. The van der Waals surface area contributed by atoms with E-state index in [9.17, 15) is 23.1 Å². The molecule has 0 spiro atoms. The monoisotopic (exact) mass is 431 g/mol. The lowest BCUT2D eigenvalue weighted by Crippen LogP contribution is -2.40. The molecule has 0 radical (unpaired) electrons. The van der Waals surface area contributed by atoms with E-state index in [0.29, 0.717) is 37.3 Å². The number of piperidine rings is 1. The normalized spacial score (nSPS) is 14.9. The van der Waals surface area contributed by atoms with Gasteiger partial charge in [0.05, 0.1) is 17.4 Å². The van der Waals surface area contributed by atoms with Crippen molar-refractivity contribution in [3.8, 4) is 0 Å². The number of hydrogen-bond acceptors (Lipinski definition) is 5. The molecule has 0 aromatic heterocycles. The van der Waals surface area contributed by atoms with Crippen LogP contribution in [-0.2, 0) is 26.0 Å². The Balaban J connectivity index is 1.60. The maximum Gasteiger partial charge on any atom is 0.261 e. The molecule has 8 nitrogen and oxygen atoms in total. The Bertz CT molecular complexity index is 996. The third-order valence-corrected chi connectivity index (χ3v) is 6.26. The highest BCUT2D eigenvalue weighted by atomic mass is 32.2. The summed E-state index contributed by atoms with van der Waals surface area (Å²) in [5.41, 5.74) is 1.69. The van der Waals surface area contributed by atoms with E-state index < -0.39 is 10.0 Å². The molecule has 0 aliphatic carbocycles. The molecule has 0 saturated carbocycles. The lowest BCUT2D eigenvalue weighted by atomic mass is 10.1. The van der Waals surface area contributed by atoms with E-state index in [1.54, 1.807) is 29.2 Å². The van der Waals surface area contributed by atoms with Crippen LogP contribution in [0.5, 0.6) is 0 Å². The van der Waals surface area contributed by atoms with Crippen LogP contribution in [0.15, 0.2) is 53.4 Å². The molecule has 1 saturated heterocycles. The van der Waals surface area contributed by atoms with Crippen LogP contribution < -0.4 is 10.0 Å². The highest BCUT2D eigenvalue weighted by molar-refractivity contribution is 7.92. The summed E-state index contributed by atoms with van der Waals surface area (Å²) in [4.78, 5) is 25.2. The van der Waals surface area contributed by atoms with Crippen LogP contribution in [0.1, 0.15) is 25.3 Å². The van der Waals surface area contributed by atoms with Crippen molar-refractivity contribution in [3.63, 3.8) is 0 Å². The summed E-state index contributed by atoms with van der Waals surface area (Å²) in [6.45, 7) is 2.48. The number of carbonyl (C=O) groups is 2. The average molecular weight is 432 g/mol. The van der Waals surface area contributed by atoms with Gasteiger partial charge in [-0.25, -0.2) is 8.42 Å². The number of anilines is 2. The molecule has 2 aromatic carbocycles. The van der Waals surface area contributed by atoms with E-state index in [-0.39, 0.29) is 29.2 Å². The van der Waals surface area contributed by atoms with E-state index in [2.05, 4.69) is 10.0 Å². The van der Waals surface area contributed by atoms with Crippen molar-refractivity contribution in [1.29, 1.82) is 0 Å². The van der Waals surface area contributed by atoms with Crippen LogP contribution in [0.4, 0.5) is 11.4 Å². The highest BCUT2D eigenvalue weighted by Crippen LogP contribution is 2.19. The van der Waals surface area contributed by atoms with Gasteiger partial charge in [-0.1, -0.05) is 12.1 Å². The first-order valence-corrected chi connectivity index (χ1v) is 11.2. The van der Waals surface area contributed by atoms with E-state index in [1.165, 1.54) is 31.2 Å². The molecule has 3 N–H and O–H groups in total. The quantitative estimate of drug-likeness (QED) is 0.647. The van der Waals surface area contributed by atoms with Gasteiger partial charge in [-0.05, 0) is 54.8 Å². The molecule has 30 heavy (non-hydrogen) atoms. The standard InChI is InChI=1S/C21H25N3O5S/c1-15(25)22-17-6-8-20(9-7-17)30(28,29)23-18-4-2-16(3-5-18)14-21(27)24-12-10-19(26)11-13-24/h2-9,19,23,26H,10-14H2,1H3,(H,22,25). The van der Waals surface area contributed by atoms with Crippen LogP contribution in [0.2, 0.25) is 0 Å². The highest BCUT2D eigenvalue weighted by Gasteiger charge is 2.21. The number of aliphatic hydroxyl groups excluding tert-OH is 1. The predicted octanol–water partition coefficient (Wildman–Crippen LogP) is 1.97. The Morgan fingerprint density at radius 2 is 1.57 bits per heavy atom. The van der Waals surface area contributed by atoms with Gasteiger partial charge >= 0.3 is 0 Å². The van der Waals surface area contributed by atoms with Crippen molar-refractivity contribution in [1.82, 2.24) is 4.90 Å². The minimum Gasteiger partial charge on any atom is -0.393 e. The summed E-state index contributed by atoms with van der Waals surface area (Å²) in [7, 11) is -3.78. The second kappa shape index (κ2) is 9.27. The van der Waals surface area contributed by atoms with Crippen molar-refractivity contribution < 1.29 is 23.1 Å². The summed E-state index contributed by atoms with van der Waals surface area (Å²) in [6, 6.07) is 12.5. The van der Waals surface area contributed by atoms with Crippen LogP contribution in [0, 0.1) is 0 Å². The summed E-state index contributed by atoms with van der Waals surface area (Å²) < 4.78 is 27.6. The summed E-state index contributed by atoms with van der Waals surface area (Å²) in [5, 5.41) is 12.1. The molecule has 3 rings (SSSR count). The zero-order valence-electron chi connectivity index (χ0n) is 16.7. The first-order valence-electron chi connectivity index (χ1n) is 9.68. The molecule has 1 heterocycles. The lowest BCUT2D eigenvalue weighted by Gasteiger charge is -2.29. The van der Waals surface area contributed by atoms with Crippen molar-refractivity contribution in [3.05, 3.63) is 54.1 Å². The van der Waals surface area contributed by atoms with Gasteiger partial charge in [-0.3, -0.25) is 14.3 Å². The summed E-state index contributed by atoms with van der Waals surface area (Å²) in [6.07, 6.45) is 1.09. The van der Waals surface area contributed by atoms with E-state index in [1.807, 2.05) is 0 Å². The Morgan fingerprint density at radius 1 is 1.00 bits per heavy atom. The van der Waals surface area contributed by atoms with Crippen molar-refractivity contribution in [2.75, 3.05) is 23.1 Å². The Labute approximate surface area is 176 Å². The molecule has 2 amide bonds. The SMILES string of the molecule is CC(=O)Nc1ccc(S(=O)(=O)Nc2ccc(CC(=O)N3CCC(O)CC3)cc2)cc1. The van der Waals surface area contributed by atoms with Gasteiger partial charge in [0.2, 0.25) is 11.8 Å².